The molecular weight excluding hydrogens is 764 g/mol. The van der Waals surface area contributed by atoms with Crippen molar-refractivity contribution in [2.45, 2.75) is 39.8 Å². The number of hydrogen-bond acceptors (Lipinski definition) is 5. The van der Waals surface area contributed by atoms with E-state index in [9.17, 15) is 4.79 Å². The van der Waals surface area contributed by atoms with Crippen molar-refractivity contribution in [2.24, 2.45) is 9.98 Å². The molecule has 0 aliphatic heterocycles. The lowest BCUT2D eigenvalue weighted by Crippen LogP contribution is -2.14. The largest absolute Gasteiger partial charge is 0.399 e. The summed E-state index contributed by atoms with van der Waals surface area (Å²) >= 11 is 0. The predicted octanol–water partition coefficient (Wildman–Crippen LogP) is 7.38. The highest BCUT2D eigenvalue weighted by Crippen LogP contribution is 2.23. The Labute approximate surface area is 285 Å². The maximum Gasteiger partial charge on any atom is 0.257 e. The van der Waals surface area contributed by atoms with Crippen LogP contribution in [0.25, 0.3) is 10.9 Å². The van der Waals surface area contributed by atoms with Crippen LogP contribution in [0.1, 0.15) is 37.0 Å². The number of nitrogen functional groups attached to an aromatic ring is 2. The quantitative estimate of drug-likeness (QED) is 0.112. The van der Waals surface area contributed by atoms with E-state index in [2.05, 4.69) is 33.3 Å². The van der Waals surface area contributed by atoms with Crippen molar-refractivity contribution in [3.8, 4) is 0 Å². The normalized spacial score (nSPS) is 11.0. The SMILES string of the molecule is CCCn1ccc(=Nc2ccc(NC(=O)c3ccc(N=c4ccn(CCC)c5ccc(N)cc45)cc3N)cc2)cc1.I.I. The van der Waals surface area contributed by atoms with E-state index in [-0.39, 0.29) is 53.9 Å². The van der Waals surface area contributed by atoms with Crippen LogP contribution in [0, 0.1) is 0 Å². The zero-order valence-electron chi connectivity index (χ0n) is 24.2. The number of halogens is 2. The molecule has 5 aromatic rings. The third-order valence-electron chi connectivity index (χ3n) is 6.75. The van der Waals surface area contributed by atoms with Crippen LogP contribution < -0.4 is 27.5 Å². The van der Waals surface area contributed by atoms with Gasteiger partial charge in [-0.2, -0.15) is 0 Å². The number of pyridine rings is 2. The minimum absolute atomic E-state index is 0. The Hall–Kier alpha value is -3.65. The van der Waals surface area contributed by atoms with E-state index in [1.165, 1.54) is 0 Å². The monoisotopic (exact) mass is 801 g/mol. The average molecular weight is 802 g/mol. The molecule has 0 spiro atoms. The summed E-state index contributed by atoms with van der Waals surface area (Å²) in [5.74, 6) is -0.291. The van der Waals surface area contributed by atoms with Gasteiger partial charge in [0, 0.05) is 54.1 Å². The van der Waals surface area contributed by atoms with E-state index in [4.69, 9.17) is 16.5 Å². The number of carbonyl (C=O) groups excluding carboxylic acids is 1. The summed E-state index contributed by atoms with van der Waals surface area (Å²) in [5.41, 5.74) is 17.0. The van der Waals surface area contributed by atoms with Crippen LogP contribution in [0.2, 0.25) is 0 Å². The fraction of sp³-hybridized carbons (Fsp3) is 0.182. The van der Waals surface area contributed by atoms with Gasteiger partial charge in [-0.25, -0.2) is 9.98 Å². The van der Waals surface area contributed by atoms with Crippen molar-refractivity contribution >= 4 is 93.2 Å². The molecule has 2 aromatic heterocycles. The number of amides is 1. The van der Waals surface area contributed by atoms with Gasteiger partial charge in [-0.3, -0.25) is 4.79 Å². The van der Waals surface area contributed by atoms with E-state index >= 15 is 0 Å². The summed E-state index contributed by atoms with van der Waals surface area (Å²) in [7, 11) is 0. The van der Waals surface area contributed by atoms with E-state index in [1.54, 1.807) is 18.2 Å². The Morgan fingerprint density at radius 3 is 2.14 bits per heavy atom. The molecule has 0 saturated heterocycles. The number of aromatic nitrogens is 2. The molecule has 0 aliphatic rings. The van der Waals surface area contributed by atoms with Gasteiger partial charge in [-0.05, 0) is 91.7 Å². The first-order chi connectivity index (χ1) is 19.9. The van der Waals surface area contributed by atoms with Gasteiger partial charge in [0.1, 0.15) is 0 Å². The maximum atomic E-state index is 13.0. The molecule has 5 rings (SSSR count). The molecular formula is C33H37I2N7O. The number of anilines is 3. The van der Waals surface area contributed by atoms with E-state index in [0.717, 1.165) is 53.2 Å². The molecule has 0 bridgehead atoms. The number of nitrogens with two attached hydrogens (primary N) is 2. The van der Waals surface area contributed by atoms with E-state index in [1.807, 2.05) is 79.3 Å². The van der Waals surface area contributed by atoms with Crippen molar-refractivity contribution in [2.75, 3.05) is 16.8 Å². The Balaban J connectivity index is 0.00000253. The smallest absolute Gasteiger partial charge is 0.257 e. The number of fused-ring (bicyclic) bond motifs is 1. The summed E-state index contributed by atoms with van der Waals surface area (Å²) < 4.78 is 4.33. The van der Waals surface area contributed by atoms with Crippen LogP contribution in [0.15, 0.2) is 107 Å². The van der Waals surface area contributed by atoms with Crippen LogP contribution >= 0.6 is 48.0 Å². The average Bonchev–Trinajstić information content (AvgIpc) is 2.96. The van der Waals surface area contributed by atoms with Gasteiger partial charge >= 0.3 is 0 Å². The van der Waals surface area contributed by atoms with Crippen LogP contribution in [0.4, 0.5) is 28.4 Å². The summed E-state index contributed by atoms with van der Waals surface area (Å²) in [6.45, 7) is 6.18. The molecule has 2 heterocycles. The zero-order chi connectivity index (χ0) is 28.8. The molecule has 0 fully saturated rings. The highest BCUT2D eigenvalue weighted by molar-refractivity contribution is 14.0. The van der Waals surface area contributed by atoms with Crippen molar-refractivity contribution in [1.29, 1.82) is 0 Å². The zero-order valence-corrected chi connectivity index (χ0v) is 28.9. The summed E-state index contributed by atoms with van der Waals surface area (Å²) in [4.78, 5) is 22.5. The Kier molecular flexibility index (Phi) is 12.4. The number of nitrogens with zero attached hydrogens (tertiary/aromatic N) is 4. The molecule has 0 radical (unpaired) electrons. The molecule has 0 aliphatic carbocycles. The van der Waals surface area contributed by atoms with Gasteiger partial charge in [-0.15, -0.1) is 48.0 Å². The first-order valence-corrected chi connectivity index (χ1v) is 13.9. The maximum absolute atomic E-state index is 13.0. The molecule has 5 N–H and O–H groups in total. The second-order valence-corrected chi connectivity index (χ2v) is 9.96. The summed E-state index contributed by atoms with van der Waals surface area (Å²) in [6.07, 6.45) is 8.19. The summed E-state index contributed by atoms with van der Waals surface area (Å²) in [5, 5.41) is 5.54. The fourth-order valence-electron chi connectivity index (χ4n) is 4.74. The molecule has 43 heavy (non-hydrogen) atoms. The first kappa shape index (κ1) is 33.8. The number of benzene rings is 3. The topological polar surface area (TPSA) is 116 Å². The van der Waals surface area contributed by atoms with Crippen LogP contribution in [0.3, 0.4) is 0 Å². The molecule has 1 amide bonds. The highest BCUT2D eigenvalue weighted by Gasteiger charge is 2.11. The van der Waals surface area contributed by atoms with Crippen LogP contribution in [0.5, 0.6) is 0 Å². The number of aryl methyl sites for hydroxylation is 2. The summed E-state index contributed by atoms with van der Waals surface area (Å²) in [6, 6.07) is 24.4. The Bertz CT molecular complexity index is 1820. The third-order valence-corrected chi connectivity index (χ3v) is 6.75. The lowest BCUT2D eigenvalue weighted by Gasteiger charge is -2.11. The molecule has 8 nitrogen and oxygen atoms in total. The van der Waals surface area contributed by atoms with Crippen molar-refractivity contribution in [1.82, 2.24) is 9.13 Å². The van der Waals surface area contributed by atoms with Crippen molar-refractivity contribution in [3.63, 3.8) is 0 Å². The molecule has 3 aromatic carbocycles. The standard InChI is InChI=1S/C33H35N7O.2HI/c1-3-16-39-18-13-26(14-19-39)36-24-6-8-25(9-7-24)38-33(41)28-11-10-27(22-30(28)35)37-31-15-20-40(17-4-2)32-12-5-23(34)21-29(31)32;;/h5-15,18-22H,3-4,16-17,34-35H2,1-2H3,(H,38,41);2*1H. The van der Waals surface area contributed by atoms with Gasteiger partial charge in [0.05, 0.1) is 33.2 Å². The molecule has 0 saturated carbocycles. The minimum atomic E-state index is -0.291. The number of nitrogens with one attached hydrogen (secondary N) is 1. The van der Waals surface area contributed by atoms with Gasteiger partial charge in [0.2, 0.25) is 0 Å². The van der Waals surface area contributed by atoms with Gasteiger partial charge in [0.15, 0.2) is 0 Å². The number of carbonyl (C=O) groups is 1. The third kappa shape index (κ3) is 8.47. The fourth-order valence-corrected chi connectivity index (χ4v) is 4.74. The van der Waals surface area contributed by atoms with Crippen molar-refractivity contribution < 1.29 is 4.79 Å². The van der Waals surface area contributed by atoms with E-state index < -0.39 is 0 Å². The molecule has 0 unspecified atom stereocenters. The van der Waals surface area contributed by atoms with Gasteiger partial charge in [0.25, 0.3) is 5.91 Å². The first-order valence-electron chi connectivity index (χ1n) is 13.9. The number of hydrogen-bond donors (Lipinski definition) is 3. The van der Waals surface area contributed by atoms with E-state index in [0.29, 0.717) is 28.3 Å². The van der Waals surface area contributed by atoms with Crippen molar-refractivity contribution in [3.05, 3.63) is 114 Å². The minimum Gasteiger partial charge on any atom is -0.399 e. The van der Waals surface area contributed by atoms with Gasteiger partial charge < -0.3 is 25.9 Å². The molecule has 0 atom stereocenters. The molecule has 10 heteroatoms. The lowest BCUT2D eigenvalue weighted by atomic mass is 10.1. The number of rotatable bonds is 8. The predicted molar refractivity (Wildman–Crippen MR) is 198 cm³/mol. The molecule has 224 valence electrons. The Morgan fingerprint density at radius 1 is 0.767 bits per heavy atom. The van der Waals surface area contributed by atoms with Crippen LogP contribution in [-0.4, -0.2) is 15.0 Å². The second kappa shape index (κ2) is 15.7. The Morgan fingerprint density at radius 2 is 1.47 bits per heavy atom. The van der Waals surface area contributed by atoms with Gasteiger partial charge in [-0.1, -0.05) is 13.8 Å². The van der Waals surface area contributed by atoms with Crippen LogP contribution in [-0.2, 0) is 13.1 Å². The highest BCUT2D eigenvalue weighted by atomic mass is 127. The second-order valence-electron chi connectivity index (χ2n) is 9.96. The lowest BCUT2D eigenvalue weighted by molar-refractivity contribution is 0.102.